The maximum absolute atomic E-state index is 5.49. The van der Waals surface area contributed by atoms with Gasteiger partial charge in [0.15, 0.2) is 7.98 Å². The molecular formula is C6H15BN2. The lowest BCUT2D eigenvalue weighted by Gasteiger charge is -2.23. The van der Waals surface area contributed by atoms with E-state index in [1.165, 1.54) is 0 Å². The summed E-state index contributed by atoms with van der Waals surface area (Å²) in [5.74, 6) is 0. The van der Waals surface area contributed by atoms with Gasteiger partial charge in [-0.1, -0.05) is 0 Å². The second-order valence-corrected chi connectivity index (χ2v) is 2.78. The van der Waals surface area contributed by atoms with Gasteiger partial charge < -0.3 is 9.71 Å². The molecule has 0 bridgehead atoms. The summed E-state index contributed by atoms with van der Waals surface area (Å²) in [6, 6.07) is 0.431. The van der Waals surface area contributed by atoms with Crippen molar-refractivity contribution in [3.8, 4) is 0 Å². The van der Waals surface area contributed by atoms with Crippen LogP contribution in [0.5, 0.6) is 0 Å². The van der Waals surface area contributed by atoms with Crippen LogP contribution < -0.4 is 0 Å². The molecule has 9 heavy (non-hydrogen) atoms. The molecule has 0 amide bonds. The molecular weight excluding hydrogens is 111 g/mol. The summed E-state index contributed by atoms with van der Waals surface area (Å²) in [6.07, 6.45) is 0. The van der Waals surface area contributed by atoms with Crippen LogP contribution in [0.25, 0.3) is 0 Å². The van der Waals surface area contributed by atoms with Crippen molar-refractivity contribution in [2.24, 2.45) is 0 Å². The largest absolute Gasteiger partial charge is 0.353 e. The predicted molar refractivity (Wildman–Crippen MR) is 41.5 cm³/mol. The molecule has 0 aliphatic carbocycles. The average Bonchev–Trinajstić information content (AvgIpc) is 1.63. The Kier molecular flexibility index (Phi) is 3.90. The van der Waals surface area contributed by atoms with Crippen LogP contribution in [0.4, 0.5) is 0 Å². The van der Waals surface area contributed by atoms with Crippen molar-refractivity contribution in [1.29, 1.82) is 0 Å². The Hall–Kier alpha value is -0.0151. The van der Waals surface area contributed by atoms with Gasteiger partial charge in [-0.25, -0.2) is 0 Å². The zero-order valence-corrected chi connectivity index (χ0v) is 6.76. The zero-order chi connectivity index (χ0) is 7.44. The molecule has 0 N–H and O–H groups in total. The van der Waals surface area contributed by atoms with E-state index >= 15 is 0 Å². The smallest absolute Gasteiger partial charge is 0.182 e. The Balaban J connectivity index is 3.38. The van der Waals surface area contributed by atoms with Crippen molar-refractivity contribution in [2.75, 3.05) is 27.7 Å². The average molecular weight is 126 g/mol. The van der Waals surface area contributed by atoms with Crippen LogP contribution >= 0.6 is 0 Å². The normalized spacial score (nSPS) is 14.9. The van der Waals surface area contributed by atoms with Crippen LogP contribution in [0, 0.1) is 0 Å². The first-order valence-electron chi connectivity index (χ1n) is 3.16. The molecule has 0 saturated carbocycles. The molecule has 0 fully saturated rings. The van der Waals surface area contributed by atoms with Gasteiger partial charge in [-0.15, -0.1) is 0 Å². The number of hydrogen-bond donors (Lipinski definition) is 0. The minimum absolute atomic E-state index is 0.431. The topological polar surface area (TPSA) is 6.48 Å². The fraction of sp³-hybridized carbons (Fsp3) is 1.00. The van der Waals surface area contributed by atoms with E-state index in [0.29, 0.717) is 6.04 Å². The second kappa shape index (κ2) is 3.91. The van der Waals surface area contributed by atoms with Crippen molar-refractivity contribution in [1.82, 2.24) is 9.71 Å². The molecule has 0 aromatic heterocycles. The lowest BCUT2D eigenvalue weighted by molar-refractivity contribution is 0.299. The van der Waals surface area contributed by atoms with Crippen molar-refractivity contribution < 1.29 is 0 Å². The molecule has 0 spiro atoms. The Morgan fingerprint density at radius 1 is 1.33 bits per heavy atom. The van der Waals surface area contributed by atoms with Crippen molar-refractivity contribution in [3.63, 3.8) is 0 Å². The lowest BCUT2D eigenvalue weighted by Crippen LogP contribution is -2.35. The third-order valence-corrected chi connectivity index (χ3v) is 1.32. The highest BCUT2D eigenvalue weighted by Gasteiger charge is 2.03. The highest BCUT2D eigenvalue weighted by atomic mass is 15.1. The van der Waals surface area contributed by atoms with Gasteiger partial charge in [-0.3, -0.25) is 0 Å². The highest BCUT2D eigenvalue weighted by Crippen LogP contribution is 1.90. The molecule has 0 aliphatic rings. The first-order valence-corrected chi connectivity index (χ1v) is 3.16. The van der Waals surface area contributed by atoms with E-state index in [4.69, 9.17) is 7.98 Å². The summed E-state index contributed by atoms with van der Waals surface area (Å²) in [6.45, 7) is 3.10. The summed E-state index contributed by atoms with van der Waals surface area (Å²) in [5, 5.41) is 0. The summed E-state index contributed by atoms with van der Waals surface area (Å²) in [4.78, 5) is 3.84. The van der Waals surface area contributed by atoms with Crippen LogP contribution in [-0.2, 0) is 0 Å². The lowest BCUT2D eigenvalue weighted by atomic mass is 10.2. The molecule has 0 heterocycles. The highest BCUT2D eigenvalue weighted by molar-refractivity contribution is 6.04. The quantitative estimate of drug-likeness (QED) is 0.489. The van der Waals surface area contributed by atoms with E-state index in [0.717, 1.165) is 6.54 Å². The fourth-order valence-electron chi connectivity index (χ4n) is 0.657. The Bertz CT molecular complexity index is 73.5. The molecule has 2 nitrogen and oxygen atoms in total. The summed E-state index contributed by atoms with van der Waals surface area (Å²) in [7, 11) is 11.5. The Labute approximate surface area is 59.3 Å². The summed E-state index contributed by atoms with van der Waals surface area (Å²) < 4.78 is 0. The van der Waals surface area contributed by atoms with Crippen LogP contribution in [0.3, 0.4) is 0 Å². The minimum atomic E-state index is 0.431. The fourth-order valence-corrected chi connectivity index (χ4v) is 0.657. The molecule has 52 valence electrons. The molecule has 0 aromatic rings. The van der Waals surface area contributed by atoms with Crippen LogP contribution in [0.15, 0.2) is 0 Å². The van der Waals surface area contributed by atoms with Gasteiger partial charge >= 0.3 is 0 Å². The van der Waals surface area contributed by atoms with E-state index in [1.54, 1.807) is 4.81 Å². The van der Waals surface area contributed by atoms with E-state index in [-0.39, 0.29) is 0 Å². The first-order chi connectivity index (χ1) is 4.04. The van der Waals surface area contributed by atoms with Gasteiger partial charge in [-0.05, 0) is 28.1 Å². The monoisotopic (exact) mass is 126 g/mol. The second-order valence-electron chi connectivity index (χ2n) is 2.78. The van der Waals surface area contributed by atoms with Crippen molar-refractivity contribution in [2.45, 2.75) is 13.0 Å². The van der Waals surface area contributed by atoms with Crippen LogP contribution in [0.2, 0.25) is 0 Å². The van der Waals surface area contributed by atoms with Crippen LogP contribution in [-0.4, -0.2) is 51.4 Å². The van der Waals surface area contributed by atoms with Crippen molar-refractivity contribution in [3.05, 3.63) is 0 Å². The third kappa shape index (κ3) is 4.49. The van der Waals surface area contributed by atoms with Crippen LogP contribution in [0.1, 0.15) is 6.92 Å². The maximum Gasteiger partial charge on any atom is 0.182 e. The molecule has 1 atom stereocenters. The van der Waals surface area contributed by atoms with Gasteiger partial charge in [0.2, 0.25) is 0 Å². The summed E-state index contributed by atoms with van der Waals surface area (Å²) in [5.41, 5.74) is 0. The van der Waals surface area contributed by atoms with Gasteiger partial charge in [0.1, 0.15) is 0 Å². The van der Waals surface area contributed by atoms with Gasteiger partial charge in [0.05, 0.1) is 0 Å². The molecule has 1 unspecified atom stereocenters. The molecule has 0 rings (SSSR count). The number of hydrogen-bond acceptors (Lipinski definition) is 2. The van der Waals surface area contributed by atoms with E-state index in [1.807, 2.05) is 21.1 Å². The van der Waals surface area contributed by atoms with E-state index in [2.05, 4.69) is 11.8 Å². The number of rotatable bonds is 3. The molecule has 0 saturated heterocycles. The van der Waals surface area contributed by atoms with Crippen molar-refractivity contribution >= 4 is 7.98 Å². The summed E-state index contributed by atoms with van der Waals surface area (Å²) >= 11 is 0. The minimum Gasteiger partial charge on any atom is -0.353 e. The first kappa shape index (κ1) is 8.98. The maximum atomic E-state index is 5.49. The zero-order valence-electron chi connectivity index (χ0n) is 6.76. The van der Waals surface area contributed by atoms with Gasteiger partial charge in [0.25, 0.3) is 0 Å². The van der Waals surface area contributed by atoms with Gasteiger partial charge in [-0.2, -0.15) is 0 Å². The number of nitrogens with zero attached hydrogens (tertiary/aromatic N) is 2. The Morgan fingerprint density at radius 3 is 1.89 bits per heavy atom. The molecule has 3 heteroatoms. The predicted octanol–water partition coefficient (Wildman–Crippen LogP) is -0.0482. The SMILES string of the molecule is [B]N(C)C(C)CN(C)C. The standard InChI is InChI=1S/C6H15BN2/c1-6(9(4)7)5-8(2)3/h6H,5H2,1-4H3. The third-order valence-electron chi connectivity index (χ3n) is 1.32. The molecule has 0 aliphatic heterocycles. The van der Waals surface area contributed by atoms with E-state index in [9.17, 15) is 0 Å². The number of likely N-dealkylation sites (N-methyl/N-ethyl adjacent to an activating group) is 2. The Morgan fingerprint density at radius 2 is 1.78 bits per heavy atom. The molecule has 0 aromatic carbocycles. The van der Waals surface area contributed by atoms with Gasteiger partial charge in [0, 0.05) is 12.6 Å². The van der Waals surface area contributed by atoms with E-state index < -0.39 is 0 Å². The molecule has 2 radical (unpaired) electrons.